The Labute approximate surface area is 119 Å². The van der Waals surface area contributed by atoms with Crippen LogP contribution < -0.4 is 5.32 Å². The predicted molar refractivity (Wildman–Crippen MR) is 80.8 cm³/mol. The van der Waals surface area contributed by atoms with Crippen molar-refractivity contribution in [2.45, 2.75) is 40.2 Å². The van der Waals surface area contributed by atoms with Gasteiger partial charge in [-0.1, -0.05) is 31.5 Å². The van der Waals surface area contributed by atoms with Gasteiger partial charge in [0.2, 0.25) is 5.91 Å². The van der Waals surface area contributed by atoms with Gasteiger partial charge in [-0.15, -0.1) is 0 Å². The van der Waals surface area contributed by atoms with Gasteiger partial charge in [0.25, 0.3) is 0 Å². The van der Waals surface area contributed by atoms with Gasteiger partial charge in [-0.2, -0.15) is 5.10 Å². The molecule has 1 heterocycles. The average Bonchev–Trinajstić information content (AvgIpc) is 2.83. The number of aromatic nitrogens is 2. The van der Waals surface area contributed by atoms with Crippen LogP contribution in [0.25, 0.3) is 0 Å². The molecule has 0 aliphatic carbocycles. The minimum atomic E-state index is -0.0469. The maximum Gasteiger partial charge on any atom is 0.246 e. The summed E-state index contributed by atoms with van der Waals surface area (Å²) in [5, 5.41) is 7.35. The monoisotopic (exact) mass is 271 g/mol. The number of hydrogen-bond acceptors (Lipinski definition) is 2. The number of nitrogens with zero attached hydrogens (tertiary/aromatic N) is 2. The van der Waals surface area contributed by atoms with Gasteiger partial charge in [0.05, 0.1) is 5.69 Å². The molecular weight excluding hydrogens is 250 g/mol. The van der Waals surface area contributed by atoms with E-state index < -0.39 is 0 Å². The zero-order chi connectivity index (χ0) is 14.5. The maximum atomic E-state index is 12.1. The summed E-state index contributed by atoms with van der Waals surface area (Å²) in [7, 11) is 0. The molecule has 1 amide bonds. The molecule has 0 spiro atoms. The largest absolute Gasteiger partial charge is 0.324 e. The summed E-state index contributed by atoms with van der Waals surface area (Å²) in [5.41, 5.74) is 4.13. The van der Waals surface area contributed by atoms with E-state index in [-0.39, 0.29) is 12.5 Å². The van der Waals surface area contributed by atoms with E-state index in [9.17, 15) is 4.79 Å². The van der Waals surface area contributed by atoms with E-state index in [1.54, 1.807) is 4.68 Å². The summed E-state index contributed by atoms with van der Waals surface area (Å²) in [6.45, 7) is 6.43. The second-order valence-corrected chi connectivity index (χ2v) is 4.91. The number of nitrogens with one attached hydrogen (secondary N) is 1. The molecule has 0 aliphatic heterocycles. The first-order chi connectivity index (χ1) is 9.62. The van der Waals surface area contributed by atoms with Gasteiger partial charge in [0.1, 0.15) is 6.54 Å². The Morgan fingerprint density at radius 2 is 1.90 bits per heavy atom. The molecular formula is C16H21N3O. The van der Waals surface area contributed by atoms with Gasteiger partial charge in [-0.3, -0.25) is 9.48 Å². The number of hydrogen-bond donors (Lipinski definition) is 1. The van der Waals surface area contributed by atoms with E-state index in [1.165, 1.54) is 5.56 Å². The minimum Gasteiger partial charge on any atom is -0.324 e. The fourth-order valence-corrected chi connectivity index (χ4v) is 2.08. The topological polar surface area (TPSA) is 46.9 Å². The van der Waals surface area contributed by atoms with Gasteiger partial charge in [0.15, 0.2) is 0 Å². The van der Waals surface area contributed by atoms with E-state index in [0.717, 1.165) is 29.9 Å². The molecule has 2 rings (SSSR count). The first-order valence-electron chi connectivity index (χ1n) is 7.04. The van der Waals surface area contributed by atoms with E-state index >= 15 is 0 Å². The summed E-state index contributed by atoms with van der Waals surface area (Å²) in [6, 6.07) is 9.86. The lowest BCUT2D eigenvalue weighted by molar-refractivity contribution is -0.116. The lowest BCUT2D eigenvalue weighted by Crippen LogP contribution is -2.20. The van der Waals surface area contributed by atoms with Crippen molar-refractivity contribution in [2.75, 3.05) is 5.32 Å². The summed E-state index contributed by atoms with van der Waals surface area (Å²) in [6.07, 6.45) is 1.77. The maximum absolute atomic E-state index is 12.1. The van der Waals surface area contributed by atoms with Crippen molar-refractivity contribution in [3.8, 4) is 0 Å². The molecule has 1 N–H and O–H groups in total. The molecule has 0 fully saturated rings. The van der Waals surface area contributed by atoms with Gasteiger partial charge in [-0.05, 0) is 38.0 Å². The van der Waals surface area contributed by atoms with Crippen molar-refractivity contribution in [1.29, 1.82) is 0 Å². The standard InChI is InChI=1S/C16H21N3O/c1-4-13-10-15(5-2)19(18-13)11-16(20)17-14-8-6-12(3)7-9-14/h6-10H,4-5,11H2,1-3H3,(H,17,20). The first-order valence-corrected chi connectivity index (χ1v) is 7.04. The normalized spacial score (nSPS) is 10.6. The molecule has 1 aromatic heterocycles. The zero-order valence-electron chi connectivity index (χ0n) is 12.3. The third-order valence-corrected chi connectivity index (χ3v) is 3.27. The summed E-state index contributed by atoms with van der Waals surface area (Å²) in [5.74, 6) is -0.0469. The van der Waals surface area contributed by atoms with Crippen LogP contribution in [-0.2, 0) is 24.2 Å². The van der Waals surface area contributed by atoms with Crippen LogP contribution in [0.1, 0.15) is 30.8 Å². The van der Waals surface area contributed by atoms with Crippen molar-refractivity contribution >= 4 is 11.6 Å². The van der Waals surface area contributed by atoms with Gasteiger partial charge < -0.3 is 5.32 Å². The molecule has 4 heteroatoms. The molecule has 0 saturated heterocycles. The second kappa shape index (κ2) is 6.37. The van der Waals surface area contributed by atoms with Crippen LogP contribution in [0.4, 0.5) is 5.69 Å². The van der Waals surface area contributed by atoms with Crippen LogP contribution in [0.5, 0.6) is 0 Å². The number of benzene rings is 1. The average molecular weight is 271 g/mol. The number of amides is 1. The van der Waals surface area contributed by atoms with Crippen LogP contribution in [0.2, 0.25) is 0 Å². The molecule has 2 aromatic rings. The van der Waals surface area contributed by atoms with E-state index in [1.807, 2.05) is 31.2 Å². The molecule has 0 radical (unpaired) electrons. The van der Waals surface area contributed by atoms with E-state index in [4.69, 9.17) is 0 Å². The van der Waals surface area contributed by atoms with Crippen LogP contribution in [-0.4, -0.2) is 15.7 Å². The van der Waals surface area contributed by atoms with E-state index in [0.29, 0.717) is 0 Å². The van der Waals surface area contributed by atoms with Crippen LogP contribution in [0, 0.1) is 6.92 Å². The van der Waals surface area contributed by atoms with Crippen molar-refractivity contribution in [2.24, 2.45) is 0 Å². The smallest absolute Gasteiger partial charge is 0.246 e. The quantitative estimate of drug-likeness (QED) is 0.908. The van der Waals surface area contributed by atoms with Crippen LogP contribution >= 0.6 is 0 Å². The lowest BCUT2D eigenvalue weighted by atomic mass is 10.2. The van der Waals surface area contributed by atoms with Crippen molar-refractivity contribution < 1.29 is 4.79 Å². The van der Waals surface area contributed by atoms with Gasteiger partial charge >= 0.3 is 0 Å². The summed E-state index contributed by atoms with van der Waals surface area (Å²) in [4.78, 5) is 12.1. The second-order valence-electron chi connectivity index (χ2n) is 4.91. The third kappa shape index (κ3) is 3.47. The Morgan fingerprint density at radius 1 is 1.20 bits per heavy atom. The summed E-state index contributed by atoms with van der Waals surface area (Å²) >= 11 is 0. The number of anilines is 1. The number of carbonyl (C=O) groups excluding carboxylic acids is 1. The number of carbonyl (C=O) groups is 1. The lowest BCUT2D eigenvalue weighted by Gasteiger charge is -2.08. The number of rotatable bonds is 5. The first kappa shape index (κ1) is 14.3. The van der Waals surface area contributed by atoms with Gasteiger partial charge in [0, 0.05) is 11.4 Å². The highest BCUT2D eigenvalue weighted by Gasteiger charge is 2.09. The van der Waals surface area contributed by atoms with Crippen molar-refractivity contribution in [3.05, 3.63) is 47.3 Å². The fourth-order valence-electron chi connectivity index (χ4n) is 2.08. The van der Waals surface area contributed by atoms with Gasteiger partial charge in [-0.25, -0.2) is 0 Å². The molecule has 106 valence electrons. The van der Waals surface area contributed by atoms with Crippen molar-refractivity contribution in [3.63, 3.8) is 0 Å². The molecule has 0 atom stereocenters. The SMILES string of the molecule is CCc1cc(CC)n(CC(=O)Nc2ccc(C)cc2)n1. The predicted octanol–water partition coefficient (Wildman–Crippen LogP) is 2.96. The highest BCUT2D eigenvalue weighted by atomic mass is 16.2. The van der Waals surface area contributed by atoms with Crippen LogP contribution in [0.3, 0.4) is 0 Å². The highest BCUT2D eigenvalue weighted by molar-refractivity contribution is 5.90. The molecule has 0 aliphatic rings. The third-order valence-electron chi connectivity index (χ3n) is 3.27. The molecule has 1 aromatic carbocycles. The minimum absolute atomic E-state index is 0.0469. The molecule has 0 saturated carbocycles. The Bertz CT molecular complexity index is 584. The molecule has 0 unspecified atom stereocenters. The summed E-state index contributed by atoms with van der Waals surface area (Å²) < 4.78 is 1.79. The number of aryl methyl sites for hydroxylation is 3. The molecule has 4 nitrogen and oxygen atoms in total. The Kier molecular flexibility index (Phi) is 4.56. The fraction of sp³-hybridized carbons (Fsp3) is 0.375. The zero-order valence-corrected chi connectivity index (χ0v) is 12.3. The van der Waals surface area contributed by atoms with Crippen molar-refractivity contribution in [1.82, 2.24) is 9.78 Å². The van der Waals surface area contributed by atoms with E-state index in [2.05, 4.69) is 30.3 Å². The Balaban J connectivity index is 2.04. The highest BCUT2D eigenvalue weighted by Crippen LogP contribution is 2.10. The Hall–Kier alpha value is -2.10. The van der Waals surface area contributed by atoms with Crippen LogP contribution in [0.15, 0.2) is 30.3 Å². The Morgan fingerprint density at radius 3 is 2.50 bits per heavy atom. The molecule has 20 heavy (non-hydrogen) atoms. The molecule has 0 bridgehead atoms.